The van der Waals surface area contributed by atoms with Gasteiger partial charge in [0.1, 0.15) is 0 Å². The van der Waals surface area contributed by atoms with Gasteiger partial charge in [-0.2, -0.15) is 0 Å². The molecule has 1 aromatic carbocycles. The molecule has 0 amide bonds. The molecule has 1 aromatic rings. The van der Waals surface area contributed by atoms with Crippen molar-refractivity contribution in [2.24, 2.45) is 5.92 Å². The number of benzene rings is 1. The van der Waals surface area contributed by atoms with Gasteiger partial charge in [0.25, 0.3) is 0 Å². The Morgan fingerprint density at radius 2 is 1.92 bits per heavy atom. The molecule has 1 nitrogen and oxygen atoms in total. The molecule has 0 aliphatic heterocycles. The highest BCUT2D eigenvalue weighted by atomic mass is 16.3. The van der Waals surface area contributed by atoms with E-state index in [2.05, 4.69) is 6.58 Å². The first-order chi connectivity index (χ1) is 6.09. The van der Waals surface area contributed by atoms with Gasteiger partial charge in [0.15, 0.2) is 0 Å². The Hall–Kier alpha value is -1.08. The highest BCUT2D eigenvalue weighted by Crippen LogP contribution is 2.29. The summed E-state index contributed by atoms with van der Waals surface area (Å²) in [4.78, 5) is 0. The van der Waals surface area contributed by atoms with Crippen LogP contribution < -0.4 is 0 Å². The van der Waals surface area contributed by atoms with Crippen LogP contribution in [0.25, 0.3) is 0 Å². The van der Waals surface area contributed by atoms with Crippen LogP contribution in [0.4, 0.5) is 0 Å². The van der Waals surface area contributed by atoms with Crippen molar-refractivity contribution in [2.45, 2.75) is 19.4 Å². The average Bonchev–Trinajstić information content (AvgIpc) is 2.18. The molecule has 0 bridgehead atoms. The smallest absolute Gasteiger partial charge is 0.0928 e. The van der Waals surface area contributed by atoms with Crippen LogP contribution in [0, 0.1) is 5.92 Å². The zero-order valence-electron chi connectivity index (χ0n) is 8.20. The van der Waals surface area contributed by atoms with E-state index in [9.17, 15) is 5.11 Å². The molecule has 1 heteroatoms. The zero-order valence-corrected chi connectivity index (χ0v) is 8.20. The summed E-state index contributed by atoms with van der Waals surface area (Å²) < 4.78 is 0. The van der Waals surface area contributed by atoms with Gasteiger partial charge < -0.3 is 5.11 Å². The molecule has 13 heavy (non-hydrogen) atoms. The maximum absolute atomic E-state index is 10.2. The van der Waals surface area contributed by atoms with E-state index >= 15 is 0 Å². The van der Waals surface area contributed by atoms with Gasteiger partial charge in [0.05, 0.1) is 5.60 Å². The van der Waals surface area contributed by atoms with Crippen molar-refractivity contribution < 1.29 is 5.11 Å². The molecule has 0 aliphatic rings. The average molecular weight is 176 g/mol. The van der Waals surface area contributed by atoms with Crippen LogP contribution in [-0.2, 0) is 5.60 Å². The molecule has 70 valence electrons. The molecule has 0 spiro atoms. The van der Waals surface area contributed by atoms with Gasteiger partial charge in [-0.1, -0.05) is 43.3 Å². The summed E-state index contributed by atoms with van der Waals surface area (Å²) in [6.07, 6.45) is 1.77. The van der Waals surface area contributed by atoms with E-state index in [4.69, 9.17) is 0 Å². The number of aliphatic hydroxyl groups is 1. The Morgan fingerprint density at radius 1 is 1.38 bits per heavy atom. The fourth-order valence-electron chi connectivity index (χ4n) is 1.27. The summed E-state index contributed by atoms with van der Waals surface area (Å²) in [7, 11) is 0. The molecule has 0 fully saturated rings. The van der Waals surface area contributed by atoms with E-state index in [0.717, 1.165) is 5.56 Å². The monoisotopic (exact) mass is 176 g/mol. The van der Waals surface area contributed by atoms with Gasteiger partial charge in [-0.25, -0.2) is 0 Å². The molecule has 0 heterocycles. The van der Waals surface area contributed by atoms with E-state index in [-0.39, 0.29) is 5.92 Å². The van der Waals surface area contributed by atoms with Crippen molar-refractivity contribution in [3.05, 3.63) is 48.6 Å². The van der Waals surface area contributed by atoms with Crippen LogP contribution in [0.15, 0.2) is 43.0 Å². The number of hydrogen-bond acceptors (Lipinski definition) is 1. The van der Waals surface area contributed by atoms with Crippen LogP contribution >= 0.6 is 0 Å². The molecule has 1 N–H and O–H groups in total. The molecule has 0 saturated carbocycles. The van der Waals surface area contributed by atoms with Crippen molar-refractivity contribution in [3.63, 3.8) is 0 Å². The highest BCUT2D eigenvalue weighted by Gasteiger charge is 2.27. The van der Waals surface area contributed by atoms with Crippen molar-refractivity contribution in [1.29, 1.82) is 0 Å². The van der Waals surface area contributed by atoms with E-state index in [1.165, 1.54) is 0 Å². The van der Waals surface area contributed by atoms with Gasteiger partial charge >= 0.3 is 0 Å². The van der Waals surface area contributed by atoms with E-state index < -0.39 is 5.60 Å². The van der Waals surface area contributed by atoms with Crippen molar-refractivity contribution in [3.8, 4) is 0 Å². The van der Waals surface area contributed by atoms with Crippen LogP contribution in [0.1, 0.15) is 19.4 Å². The summed E-state index contributed by atoms with van der Waals surface area (Å²) in [6, 6.07) is 9.66. The lowest BCUT2D eigenvalue weighted by molar-refractivity contribution is 0.0205. The summed E-state index contributed by atoms with van der Waals surface area (Å²) >= 11 is 0. The van der Waals surface area contributed by atoms with Crippen molar-refractivity contribution >= 4 is 0 Å². The topological polar surface area (TPSA) is 20.2 Å². The third kappa shape index (κ3) is 1.99. The normalized spacial score (nSPS) is 17.5. The fourth-order valence-corrected chi connectivity index (χ4v) is 1.27. The molecule has 0 aromatic heterocycles. The summed E-state index contributed by atoms with van der Waals surface area (Å²) in [6.45, 7) is 7.46. The van der Waals surface area contributed by atoms with Gasteiger partial charge in [-0.3, -0.25) is 0 Å². The molecule has 0 unspecified atom stereocenters. The quantitative estimate of drug-likeness (QED) is 0.702. The van der Waals surface area contributed by atoms with Gasteiger partial charge in [0.2, 0.25) is 0 Å². The highest BCUT2D eigenvalue weighted by molar-refractivity contribution is 5.23. The lowest BCUT2D eigenvalue weighted by Gasteiger charge is -2.28. The second-order valence-corrected chi connectivity index (χ2v) is 3.54. The molecule has 0 saturated heterocycles. The number of hydrogen-bond donors (Lipinski definition) is 1. The minimum atomic E-state index is -0.816. The molecule has 2 atom stereocenters. The van der Waals surface area contributed by atoms with Crippen LogP contribution in [-0.4, -0.2) is 5.11 Å². The first kappa shape index (κ1) is 10.0. The first-order valence-corrected chi connectivity index (χ1v) is 4.49. The zero-order chi connectivity index (χ0) is 9.90. The predicted molar refractivity (Wildman–Crippen MR) is 55.4 cm³/mol. The van der Waals surface area contributed by atoms with Gasteiger partial charge in [0, 0.05) is 5.92 Å². The van der Waals surface area contributed by atoms with Crippen molar-refractivity contribution in [2.75, 3.05) is 0 Å². The Bertz CT molecular complexity index is 274. The Balaban J connectivity index is 3.00. The molecule has 0 aliphatic carbocycles. The van der Waals surface area contributed by atoms with Gasteiger partial charge in [-0.15, -0.1) is 6.58 Å². The molecule has 0 radical (unpaired) electrons. The Kier molecular flexibility index (Phi) is 2.89. The van der Waals surface area contributed by atoms with Crippen LogP contribution in [0.5, 0.6) is 0 Å². The fraction of sp³-hybridized carbons (Fsp3) is 0.333. The third-order valence-electron chi connectivity index (χ3n) is 2.60. The predicted octanol–water partition coefficient (Wildman–Crippen LogP) is 2.72. The largest absolute Gasteiger partial charge is 0.385 e. The van der Waals surface area contributed by atoms with E-state index in [1.807, 2.05) is 44.2 Å². The van der Waals surface area contributed by atoms with Gasteiger partial charge in [-0.05, 0) is 12.5 Å². The number of rotatable bonds is 3. The summed E-state index contributed by atoms with van der Waals surface area (Å²) in [5.74, 6) is 0.0508. The van der Waals surface area contributed by atoms with Crippen LogP contribution in [0.3, 0.4) is 0 Å². The standard InChI is InChI=1S/C12H16O/c1-4-10(2)12(3,13)11-8-6-5-7-9-11/h4-10,13H,1H2,2-3H3/t10-,12-/m0/s1. The Labute approximate surface area is 79.7 Å². The first-order valence-electron chi connectivity index (χ1n) is 4.49. The molecular weight excluding hydrogens is 160 g/mol. The van der Waals surface area contributed by atoms with E-state index in [0.29, 0.717) is 0 Å². The molecule has 1 rings (SSSR count). The minimum absolute atomic E-state index is 0.0508. The van der Waals surface area contributed by atoms with Crippen LogP contribution in [0.2, 0.25) is 0 Å². The lowest BCUT2D eigenvalue weighted by atomic mass is 9.84. The summed E-state index contributed by atoms with van der Waals surface area (Å²) in [5.41, 5.74) is 0.116. The molecular formula is C12H16O. The SMILES string of the molecule is C=C[C@H](C)[C@](C)(O)c1ccccc1. The second-order valence-electron chi connectivity index (χ2n) is 3.54. The second kappa shape index (κ2) is 3.75. The van der Waals surface area contributed by atoms with Crippen molar-refractivity contribution in [1.82, 2.24) is 0 Å². The maximum atomic E-state index is 10.2. The van der Waals surface area contributed by atoms with E-state index in [1.54, 1.807) is 6.08 Å². The third-order valence-corrected chi connectivity index (χ3v) is 2.60. The minimum Gasteiger partial charge on any atom is -0.385 e. The lowest BCUT2D eigenvalue weighted by Crippen LogP contribution is -2.28. The maximum Gasteiger partial charge on any atom is 0.0928 e. The Morgan fingerprint density at radius 3 is 2.38 bits per heavy atom. The summed E-state index contributed by atoms with van der Waals surface area (Å²) in [5, 5.41) is 10.2.